The van der Waals surface area contributed by atoms with E-state index in [0.717, 1.165) is 4.90 Å². The van der Waals surface area contributed by atoms with Gasteiger partial charge in [-0.05, 0) is 24.3 Å². The zero-order chi connectivity index (χ0) is 15.6. The number of alkyl halides is 3. The van der Waals surface area contributed by atoms with Gasteiger partial charge < -0.3 is 10.0 Å². The molecule has 0 radical (unpaired) electrons. The van der Waals surface area contributed by atoms with Crippen LogP contribution in [0.4, 0.5) is 18.9 Å². The summed E-state index contributed by atoms with van der Waals surface area (Å²) in [4.78, 5) is 15.6. The molecule has 0 saturated carbocycles. The van der Waals surface area contributed by atoms with E-state index < -0.39 is 25.2 Å². The van der Waals surface area contributed by atoms with Crippen molar-refractivity contribution in [3.05, 3.63) is 35.5 Å². The lowest BCUT2D eigenvalue weighted by Crippen LogP contribution is -2.38. The average molecular weight is 319 g/mol. The highest BCUT2D eigenvalue weighted by atomic mass is 35.5. The van der Waals surface area contributed by atoms with Crippen LogP contribution in [0.1, 0.15) is 0 Å². The SMILES string of the molecule is O=C(O)CN(CC(F)(F)F)c1ccnc2cc(Cl)ccc12. The largest absolute Gasteiger partial charge is 0.480 e. The standard InChI is InChI=1S/C13H10ClF3N2O2/c14-8-1-2-9-10(5-8)18-4-3-11(9)19(6-12(20)21)7-13(15,16)17/h1-5H,6-7H2,(H,20,21). The molecule has 1 N–H and O–H groups in total. The second-order valence-corrected chi connectivity index (χ2v) is 4.79. The van der Waals surface area contributed by atoms with Crippen LogP contribution >= 0.6 is 11.6 Å². The van der Waals surface area contributed by atoms with Crippen LogP contribution < -0.4 is 4.90 Å². The fourth-order valence-corrected chi connectivity index (χ4v) is 2.15. The van der Waals surface area contributed by atoms with Crippen LogP contribution in [0, 0.1) is 0 Å². The van der Waals surface area contributed by atoms with E-state index in [4.69, 9.17) is 16.7 Å². The summed E-state index contributed by atoms with van der Waals surface area (Å²) in [6, 6.07) is 5.89. The van der Waals surface area contributed by atoms with Crippen LogP contribution in [-0.4, -0.2) is 35.3 Å². The maximum atomic E-state index is 12.6. The molecule has 1 heterocycles. The predicted molar refractivity (Wildman–Crippen MR) is 72.7 cm³/mol. The Bertz CT molecular complexity index is 676. The summed E-state index contributed by atoms with van der Waals surface area (Å²) >= 11 is 5.81. The lowest BCUT2D eigenvalue weighted by Gasteiger charge is -2.25. The second-order valence-electron chi connectivity index (χ2n) is 4.36. The Labute approximate surface area is 122 Å². The van der Waals surface area contributed by atoms with Crippen molar-refractivity contribution in [3.63, 3.8) is 0 Å². The molecular formula is C13H10ClF3N2O2. The summed E-state index contributed by atoms with van der Waals surface area (Å²) in [7, 11) is 0. The Morgan fingerprint density at radius 2 is 2.05 bits per heavy atom. The van der Waals surface area contributed by atoms with Gasteiger partial charge >= 0.3 is 12.1 Å². The van der Waals surface area contributed by atoms with E-state index in [-0.39, 0.29) is 5.69 Å². The second kappa shape index (κ2) is 5.77. The van der Waals surface area contributed by atoms with E-state index in [0.29, 0.717) is 15.9 Å². The Hall–Kier alpha value is -2.02. The van der Waals surface area contributed by atoms with Gasteiger partial charge in [-0.2, -0.15) is 13.2 Å². The number of pyridine rings is 1. The molecule has 0 aliphatic heterocycles. The molecule has 21 heavy (non-hydrogen) atoms. The predicted octanol–water partition coefficient (Wildman–Crippen LogP) is 3.34. The third-order valence-electron chi connectivity index (χ3n) is 2.72. The van der Waals surface area contributed by atoms with Crippen molar-refractivity contribution in [3.8, 4) is 0 Å². The molecule has 1 aromatic heterocycles. The Balaban J connectivity index is 2.51. The molecule has 0 fully saturated rings. The monoisotopic (exact) mass is 318 g/mol. The number of nitrogens with zero attached hydrogens (tertiary/aromatic N) is 2. The summed E-state index contributed by atoms with van der Waals surface area (Å²) in [5, 5.41) is 9.62. The molecule has 1 aromatic carbocycles. The van der Waals surface area contributed by atoms with E-state index >= 15 is 0 Å². The number of fused-ring (bicyclic) bond motifs is 1. The first-order valence-corrected chi connectivity index (χ1v) is 6.22. The quantitative estimate of drug-likeness (QED) is 0.939. The minimum atomic E-state index is -4.52. The van der Waals surface area contributed by atoms with Gasteiger partial charge in [-0.15, -0.1) is 0 Å². The van der Waals surface area contributed by atoms with Crippen molar-refractivity contribution in [1.29, 1.82) is 0 Å². The van der Waals surface area contributed by atoms with Gasteiger partial charge in [0, 0.05) is 22.3 Å². The van der Waals surface area contributed by atoms with Gasteiger partial charge in [-0.25, -0.2) is 0 Å². The lowest BCUT2D eigenvalue weighted by molar-refractivity contribution is -0.136. The Kier molecular flexibility index (Phi) is 4.22. The number of carboxylic acid groups (broad SMARTS) is 1. The molecule has 0 spiro atoms. The fraction of sp³-hybridized carbons (Fsp3) is 0.231. The van der Waals surface area contributed by atoms with Crippen LogP contribution in [0.3, 0.4) is 0 Å². The molecule has 0 saturated heterocycles. The number of anilines is 1. The number of aromatic nitrogens is 1. The highest BCUT2D eigenvalue weighted by Crippen LogP contribution is 2.29. The van der Waals surface area contributed by atoms with Crippen molar-refractivity contribution in [2.45, 2.75) is 6.18 Å². The number of hydrogen-bond acceptors (Lipinski definition) is 3. The minimum absolute atomic E-state index is 0.149. The van der Waals surface area contributed by atoms with Gasteiger partial charge in [-0.1, -0.05) is 11.6 Å². The third kappa shape index (κ3) is 3.98. The van der Waals surface area contributed by atoms with E-state index in [9.17, 15) is 18.0 Å². The fourth-order valence-electron chi connectivity index (χ4n) is 1.99. The number of rotatable bonds is 4. The van der Waals surface area contributed by atoms with Crippen LogP contribution in [0.25, 0.3) is 10.9 Å². The summed E-state index contributed by atoms with van der Waals surface area (Å²) in [6.07, 6.45) is -3.20. The molecule has 0 aliphatic rings. The first-order chi connectivity index (χ1) is 9.76. The molecule has 2 aromatic rings. The molecule has 0 bridgehead atoms. The lowest BCUT2D eigenvalue weighted by atomic mass is 10.1. The zero-order valence-electron chi connectivity index (χ0n) is 10.6. The van der Waals surface area contributed by atoms with E-state index in [1.54, 1.807) is 0 Å². The van der Waals surface area contributed by atoms with E-state index in [2.05, 4.69) is 4.98 Å². The number of carboxylic acids is 1. The molecule has 0 amide bonds. The summed E-state index contributed by atoms with van der Waals surface area (Å²) in [6.45, 7) is -2.12. The van der Waals surface area contributed by atoms with Gasteiger partial charge in [0.1, 0.15) is 13.1 Å². The first-order valence-electron chi connectivity index (χ1n) is 5.84. The van der Waals surface area contributed by atoms with Crippen molar-refractivity contribution in [2.75, 3.05) is 18.0 Å². The summed E-state index contributed by atoms with van der Waals surface area (Å²) < 4.78 is 37.9. The molecule has 0 aliphatic carbocycles. The molecule has 4 nitrogen and oxygen atoms in total. The van der Waals surface area contributed by atoms with Gasteiger partial charge in [0.25, 0.3) is 0 Å². The van der Waals surface area contributed by atoms with Gasteiger partial charge in [0.15, 0.2) is 0 Å². The van der Waals surface area contributed by atoms with E-state index in [1.165, 1.54) is 30.5 Å². The maximum absolute atomic E-state index is 12.6. The van der Waals surface area contributed by atoms with E-state index in [1.807, 2.05) is 0 Å². The third-order valence-corrected chi connectivity index (χ3v) is 2.95. The first kappa shape index (κ1) is 15.4. The van der Waals surface area contributed by atoms with Gasteiger partial charge in [0.05, 0.1) is 5.52 Å². The molecule has 112 valence electrons. The maximum Gasteiger partial charge on any atom is 0.405 e. The number of aliphatic carboxylic acids is 1. The number of carbonyl (C=O) groups is 1. The van der Waals surface area contributed by atoms with Crippen LogP contribution in [-0.2, 0) is 4.79 Å². The topological polar surface area (TPSA) is 53.4 Å². The summed E-state index contributed by atoms with van der Waals surface area (Å²) in [5.41, 5.74) is 0.550. The van der Waals surface area contributed by atoms with Crippen LogP contribution in [0.2, 0.25) is 5.02 Å². The van der Waals surface area contributed by atoms with Crippen LogP contribution in [0.15, 0.2) is 30.5 Å². The number of halogens is 4. The van der Waals surface area contributed by atoms with Crippen molar-refractivity contribution < 1.29 is 23.1 Å². The molecule has 0 unspecified atom stereocenters. The normalized spacial score (nSPS) is 11.6. The smallest absolute Gasteiger partial charge is 0.405 e. The van der Waals surface area contributed by atoms with Gasteiger partial charge in [-0.3, -0.25) is 9.78 Å². The van der Waals surface area contributed by atoms with Crippen LogP contribution in [0.5, 0.6) is 0 Å². The molecular weight excluding hydrogens is 309 g/mol. The molecule has 2 rings (SSSR count). The number of benzene rings is 1. The van der Waals surface area contributed by atoms with Crippen molar-refractivity contribution in [2.24, 2.45) is 0 Å². The van der Waals surface area contributed by atoms with Gasteiger partial charge in [0.2, 0.25) is 0 Å². The number of hydrogen-bond donors (Lipinski definition) is 1. The Morgan fingerprint density at radius 3 is 2.67 bits per heavy atom. The highest BCUT2D eigenvalue weighted by molar-refractivity contribution is 6.31. The Morgan fingerprint density at radius 1 is 1.33 bits per heavy atom. The molecule has 0 atom stereocenters. The summed E-state index contributed by atoms with van der Waals surface area (Å²) in [5.74, 6) is -1.35. The van der Waals surface area contributed by atoms with Crippen molar-refractivity contribution >= 4 is 34.2 Å². The minimum Gasteiger partial charge on any atom is -0.480 e. The average Bonchev–Trinajstić information content (AvgIpc) is 2.34. The molecule has 8 heteroatoms. The zero-order valence-corrected chi connectivity index (χ0v) is 11.3. The van der Waals surface area contributed by atoms with Crippen molar-refractivity contribution in [1.82, 2.24) is 4.98 Å². The highest BCUT2D eigenvalue weighted by Gasteiger charge is 2.32.